The Morgan fingerprint density at radius 2 is 2.40 bits per heavy atom. The van der Waals surface area contributed by atoms with Gasteiger partial charge in [-0.05, 0) is 6.42 Å². The number of carboxylic acid groups (broad SMARTS) is 1. The van der Waals surface area contributed by atoms with Crippen molar-refractivity contribution in [3.63, 3.8) is 0 Å². The van der Waals surface area contributed by atoms with Crippen LogP contribution in [0.4, 0.5) is 4.79 Å². The number of aromatic nitrogens is 2. The highest BCUT2D eigenvalue weighted by Gasteiger charge is 2.23. The van der Waals surface area contributed by atoms with Crippen molar-refractivity contribution in [2.45, 2.75) is 25.8 Å². The van der Waals surface area contributed by atoms with Crippen molar-refractivity contribution in [1.29, 1.82) is 0 Å². The fourth-order valence-corrected chi connectivity index (χ4v) is 1.69. The van der Waals surface area contributed by atoms with Gasteiger partial charge >= 0.3 is 12.0 Å². The molecule has 0 aliphatic heterocycles. The van der Waals surface area contributed by atoms with E-state index in [1.165, 1.54) is 17.4 Å². The maximum absolute atomic E-state index is 12.0. The summed E-state index contributed by atoms with van der Waals surface area (Å²) in [5, 5.41) is 11.6. The number of hydrogen-bond acceptors (Lipinski definition) is 3. The minimum atomic E-state index is -1.11. The number of carbonyl (C=O) groups excluding carboxylic acids is 1. The average Bonchev–Trinajstić information content (AvgIpc) is 2.90. The van der Waals surface area contributed by atoms with E-state index in [9.17, 15) is 9.59 Å². The number of nitrogens with zero attached hydrogens (tertiary/aromatic N) is 2. The van der Waals surface area contributed by atoms with Crippen LogP contribution in [0.3, 0.4) is 0 Å². The van der Waals surface area contributed by atoms with Gasteiger partial charge in [0, 0.05) is 24.9 Å². The first kappa shape index (κ1) is 15.6. The van der Waals surface area contributed by atoms with E-state index in [1.807, 2.05) is 6.92 Å². The lowest BCUT2D eigenvalue weighted by Crippen LogP contribution is -2.49. The highest BCUT2D eigenvalue weighted by molar-refractivity contribution is 5.82. The molecule has 0 aromatic carbocycles. The van der Waals surface area contributed by atoms with E-state index < -0.39 is 18.0 Å². The monoisotopic (exact) mass is 278 g/mol. The van der Waals surface area contributed by atoms with Gasteiger partial charge in [-0.3, -0.25) is 0 Å². The summed E-state index contributed by atoms with van der Waals surface area (Å²) in [5.74, 6) is 1.28. The topological polar surface area (TPSA) is 98.3 Å². The Bertz CT molecular complexity index is 478. The van der Waals surface area contributed by atoms with Gasteiger partial charge in [-0.15, -0.1) is 6.42 Å². The van der Waals surface area contributed by atoms with Gasteiger partial charge in [0.15, 0.2) is 0 Å². The van der Waals surface area contributed by atoms with Crippen molar-refractivity contribution in [1.82, 2.24) is 20.2 Å². The number of carboxylic acids is 1. The first-order valence-electron chi connectivity index (χ1n) is 6.27. The normalized spacial score (nSPS) is 11.4. The summed E-state index contributed by atoms with van der Waals surface area (Å²) < 4.78 is 0. The van der Waals surface area contributed by atoms with Crippen LogP contribution < -0.4 is 5.32 Å². The van der Waals surface area contributed by atoms with E-state index in [4.69, 9.17) is 11.5 Å². The molecule has 2 amide bonds. The third kappa shape index (κ3) is 4.65. The fourth-order valence-electron chi connectivity index (χ4n) is 1.69. The number of H-pyrrole nitrogens is 1. The second kappa shape index (κ2) is 7.84. The Hall–Kier alpha value is -2.49. The molecule has 0 saturated heterocycles. The molecule has 1 rings (SSSR count). The van der Waals surface area contributed by atoms with Crippen molar-refractivity contribution in [3.05, 3.63) is 18.2 Å². The Morgan fingerprint density at radius 3 is 2.90 bits per heavy atom. The summed E-state index contributed by atoms with van der Waals surface area (Å²) in [4.78, 5) is 31.2. The number of aliphatic carboxylic acids is 1. The molecule has 1 aromatic heterocycles. The van der Waals surface area contributed by atoms with Crippen molar-refractivity contribution < 1.29 is 14.7 Å². The van der Waals surface area contributed by atoms with Gasteiger partial charge in [0.1, 0.15) is 6.04 Å². The molecule has 7 nitrogen and oxygen atoms in total. The summed E-state index contributed by atoms with van der Waals surface area (Å²) >= 11 is 0. The lowest BCUT2D eigenvalue weighted by atomic mass is 10.1. The minimum Gasteiger partial charge on any atom is -0.480 e. The lowest BCUT2D eigenvalue weighted by molar-refractivity contribution is -0.139. The number of terminal acetylenes is 1. The molecule has 0 aliphatic rings. The predicted octanol–water partition coefficient (Wildman–Crippen LogP) is 0.460. The van der Waals surface area contributed by atoms with E-state index in [0.29, 0.717) is 12.2 Å². The second-order valence-corrected chi connectivity index (χ2v) is 4.25. The molecular weight excluding hydrogens is 260 g/mol. The van der Waals surface area contributed by atoms with Gasteiger partial charge in [0.05, 0.1) is 12.9 Å². The number of rotatable bonds is 7. The summed E-state index contributed by atoms with van der Waals surface area (Å²) in [5.41, 5.74) is 0.636. The smallest absolute Gasteiger partial charge is 0.326 e. The molecule has 1 unspecified atom stereocenters. The van der Waals surface area contributed by atoms with Crippen LogP contribution in [-0.4, -0.2) is 51.1 Å². The second-order valence-electron chi connectivity index (χ2n) is 4.25. The molecule has 0 fully saturated rings. The van der Waals surface area contributed by atoms with Crippen LogP contribution in [0.25, 0.3) is 0 Å². The molecule has 20 heavy (non-hydrogen) atoms. The van der Waals surface area contributed by atoms with Crippen molar-refractivity contribution >= 4 is 12.0 Å². The molecule has 0 aliphatic carbocycles. The van der Waals surface area contributed by atoms with E-state index in [2.05, 4.69) is 21.2 Å². The number of aromatic amines is 1. The summed E-state index contributed by atoms with van der Waals surface area (Å²) in [7, 11) is 0. The van der Waals surface area contributed by atoms with Gasteiger partial charge in [0.2, 0.25) is 0 Å². The highest BCUT2D eigenvalue weighted by atomic mass is 16.4. The van der Waals surface area contributed by atoms with Crippen LogP contribution >= 0.6 is 0 Å². The molecule has 0 saturated carbocycles. The van der Waals surface area contributed by atoms with Crippen LogP contribution in [-0.2, 0) is 11.2 Å². The number of nitrogens with one attached hydrogen (secondary N) is 2. The molecular formula is C13H18N4O3. The molecule has 0 bridgehead atoms. The maximum Gasteiger partial charge on any atom is 0.326 e. The number of imidazole rings is 1. The third-order valence-electron chi connectivity index (χ3n) is 2.64. The van der Waals surface area contributed by atoms with Crippen LogP contribution in [0.2, 0.25) is 0 Å². The largest absolute Gasteiger partial charge is 0.480 e. The standard InChI is InChI=1S/C13H18N4O3/c1-3-5-17(6-4-2)13(20)16-11(12(18)19)7-10-8-14-9-15-10/h1,8-9,11H,4-7H2,2H3,(H,14,15)(H,16,20)(H,18,19). The summed E-state index contributed by atoms with van der Waals surface area (Å²) in [6, 6.07) is -1.50. The van der Waals surface area contributed by atoms with Crippen LogP contribution in [0.1, 0.15) is 19.0 Å². The molecule has 1 heterocycles. The molecule has 1 aromatic rings. The Morgan fingerprint density at radius 1 is 1.65 bits per heavy atom. The molecule has 108 valence electrons. The fraction of sp³-hybridized carbons (Fsp3) is 0.462. The number of carbonyl (C=O) groups is 2. The zero-order valence-corrected chi connectivity index (χ0v) is 11.3. The number of hydrogen-bond donors (Lipinski definition) is 3. The van der Waals surface area contributed by atoms with Crippen molar-refractivity contribution in [2.24, 2.45) is 0 Å². The number of amides is 2. The van der Waals surface area contributed by atoms with E-state index in [0.717, 1.165) is 6.42 Å². The average molecular weight is 278 g/mol. The minimum absolute atomic E-state index is 0.136. The molecule has 1 atom stereocenters. The van der Waals surface area contributed by atoms with Gasteiger partial charge in [-0.2, -0.15) is 0 Å². The third-order valence-corrected chi connectivity index (χ3v) is 2.64. The SMILES string of the molecule is C#CCN(CCC)C(=O)NC(Cc1cnc[nH]1)C(=O)O. The Balaban J connectivity index is 2.67. The van der Waals surface area contributed by atoms with Gasteiger partial charge in [0.25, 0.3) is 0 Å². The predicted molar refractivity (Wildman–Crippen MR) is 72.9 cm³/mol. The Kier molecular flexibility index (Phi) is 6.10. The first-order valence-corrected chi connectivity index (χ1v) is 6.27. The van der Waals surface area contributed by atoms with E-state index in [1.54, 1.807) is 0 Å². The lowest BCUT2D eigenvalue weighted by Gasteiger charge is -2.22. The Labute approximate surface area is 117 Å². The molecule has 0 spiro atoms. The van der Waals surface area contributed by atoms with Crippen LogP contribution in [0.15, 0.2) is 12.5 Å². The van der Waals surface area contributed by atoms with Gasteiger partial charge in [-0.1, -0.05) is 12.8 Å². The van der Waals surface area contributed by atoms with Crippen molar-refractivity contribution in [2.75, 3.05) is 13.1 Å². The zero-order valence-electron chi connectivity index (χ0n) is 11.3. The van der Waals surface area contributed by atoms with Crippen molar-refractivity contribution in [3.8, 4) is 12.3 Å². The van der Waals surface area contributed by atoms with Crippen LogP contribution in [0, 0.1) is 12.3 Å². The van der Waals surface area contributed by atoms with E-state index in [-0.39, 0.29) is 13.0 Å². The summed E-state index contributed by atoms with van der Waals surface area (Å²) in [6.45, 7) is 2.54. The van der Waals surface area contributed by atoms with Gasteiger partial charge < -0.3 is 20.3 Å². The quantitative estimate of drug-likeness (QED) is 0.631. The highest BCUT2D eigenvalue weighted by Crippen LogP contribution is 2.01. The molecule has 3 N–H and O–H groups in total. The first-order chi connectivity index (χ1) is 9.58. The molecule has 7 heteroatoms. The summed E-state index contributed by atoms with van der Waals surface area (Å²) in [6.07, 6.45) is 9.05. The van der Waals surface area contributed by atoms with Crippen LogP contribution in [0.5, 0.6) is 0 Å². The van der Waals surface area contributed by atoms with Gasteiger partial charge in [-0.25, -0.2) is 14.6 Å². The zero-order chi connectivity index (χ0) is 15.0. The van der Waals surface area contributed by atoms with E-state index >= 15 is 0 Å². The molecule has 0 radical (unpaired) electrons. The number of urea groups is 1. The maximum atomic E-state index is 12.0.